The van der Waals surface area contributed by atoms with E-state index in [0.717, 1.165) is 42.4 Å². The molecule has 2 saturated heterocycles. The van der Waals surface area contributed by atoms with Gasteiger partial charge in [0.2, 0.25) is 23.3 Å². The average Bonchev–Trinajstić information content (AvgIpc) is 1.47. The highest BCUT2D eigenvalue weighted by molar-refractivity contribution is 6.12. The Kier molecular flexibility index (Phi) is 24.4. The number of benzene rings is 1. The number of nitrogens with one attached hydrogen (secondary N) is 4. The molecule has 5 aliphatic rings. The summed E-state index contributed by atoms with van der Waals surface area (Å²) >= 11 is 0. The number of carbonyl (C=O) groups is 9. The summed E-state index contributed by atoms with van der Waals surface area (Å²) in [5.41, 5.74) is 0.115. The number of pyridine rings is 2. The van der Waals surface area contributed by atoms with Gasteiger partial charge in [0.1, 0.15) is 37.2 Å². The first-order valence-corrected chi connectivity index (χ1v) is 31.7. The van der Waals surface area contributed by atoms with Gasteiger partial charge in [0.15, 0.2) is 0 Å². The highest BCUT2D eigenvalue weighted by Gasteiger charge is 2.51. The number of unbranched alkanes of at least 4 members (excludes halogenated alkanes) is 3. The first-order chi connectivity index (χ1) is 43.3. The second-order valence-corrected chi connectivity index (χ2v) is 24.0. The van der Waals surface area contributed by atoms with Crippen molar-refractivity contribution in [1.82, 2.24) is 45.5 Å². The normalized spacial score (nSPS) is 17.7. The molecule has 4 N–H and O–H groups in total. The number of aryl methyl sites for hydroxylation is 1. The summed E-state index contributed by atoms with van der Waals surface area (Å²) < 4.78 is 40.9. The molecule has 0 saturated carbocycles. The van der Waals surface area contributed by atoms with Crippen LogP contribution in [0.25, 0.3) is 22.3 Å². The van der Waals surface area contributed by atoms with Crippen molar-refractivity contribution in [3.8, 4) is 17.1 Å². The Balaban J connectivity index is 0.769. The van der Waals surface area contributed by atoms with E-state index in [1.54, 1.807) is 55.4 Å². The third kappa shape index (κ3) is 18.0. The van der Waals surface area contributed by atoms with E-state index in [4.69, 9.17) is 38.1 Å². The highest BCUT2D eigenvalue weighted by Crippen LogP contribution is 2.42. The Hall–Kier alpha value is -7.81. The minimum absolute atomic E-state index is 0.0852. The number of ether oxygens (including phenoxy) is 7. The standard InChI is InChI=1S/C64H87N9O17/c1-6-44-45-36-43(88-62(83)71-29-22-42(23-30-71)70-26-13-9-14-27-70)18-19-49(45)68-57-46(44)39-73-51(57)37-48-47(59(73)80)40-87-60(81)64(48,7-2)89-56(78)38-67-58(79)50(69-61(82)90-63(3,4)5)16-11-12-24-65-53(75)41-86-35-34-85-33-32-84-31-25-66-52(74)17-10-8-15-28-72-54(76)20-21-55(72)77/h18-21,36-37,42,50H,6-17,22-35,38-41H2,1-5H3,(H,65,75)(H,66,74)(H,67,79)(H,69,82)/t50?,64-/m0/s1. The minimum Gasteiger partial charge on any atom is -0.457 e. The molecule has 0 radical (unpaired) electrons. The first-order valence-electron chi connectivity index (χ1n) is 31.7. The third-order valence-electron chi connectivity index (χ3n) is 16.6. The van der Waals surface area contributed by atoms with Gasteiger partial charge in [-0.15, -0.1) is 0 Å². The number of nitrogens with zero attached hydrogens (tertiary/aromatic N) is 5. The molecule has 0 aliphatic carbocycles. The van der Waals surface area contributed by atoms with Gasteiger partial charge in [-0.2, -0.15) is 0 Å². The Morgan fingerprint density at radius 2 is 1.49 bits per heavy atom. The molecule has 0 bridgehead atoms. The van der Waals surface area contributed by atoms with Gasteiger partial charge in [-0.3, -0.25) is 38.5 Å². The van der Waals surface area contributed by atoms with Crippen LogP contribution in [0.4, 0.5) is 9.59 Å². The van der Waals surface area contributed by atoms with Crippen molar-refractivity contribution < 1.29 is 76.3 Å². The predicted octanol–water partition coefficient (Wildman–Crippen LogP) is 4.59. The van der Waals surface area contributed by atoms with Crippen molar-refractivity contribution in [1.29, 1.82) is 0 Å². The number of imide groups is 1. The Labute approximate surface area is 523 Å². The van der Waals surface area contributed by atoms with Crippen LogP contribution in [-0.2, 0) is 87.2 Å². The van der Waals surface area contributed by atoms with Crippen LogP contribution in [0.3, 0.4) is 0 Å². The van der Waals surface area contributed by atoms with Gasteiger partial charge < -0.3 is 68.8 Å². The zero-order valence-corrected chi connectivity index (χ0v) is 52.5. The summed E-state index contributed by atoms with van der Waals surface area (Å²) in [6.07, 6.45) is 10.3. The number of esters is 2. The van der Waals surface area contributed by atoms with Gasteiger partial charge in [0, 0.05) is 73.9 Å². The fourth-order valence-corrected chi connectivity index (χ4v) is 12.0. The molecular formula is C64H87N9O17. The van der Waals surface area contributed by atoms with Crippen LogP contribution in [0.2, 0.25) is 0 Å². The lowest BCUT2D eigenvalue weighted by atomic mass is 9.85. The van der Waals surface area contributed by atoms with E-state index in [-0.39, 0.29) is 93.7 Å². The topological polar surface area (TPSA) is 311 Å². The molecule has 0 spiro atoms. The number of amides is 7. The largest absolute Gasteiger partial charge is 0.457 e. The smallest absolute Gasteiger partial charge is 0.415 e. The predicted molar refractivity (Wildman–Crippen MR) is 327 cm³/mol. The Morgan fingerprint density at radius 3 is 2.20 bits per heavy atom. The quantitative estimate of drug-likeness (QED) is 0.0232. The number of rotatable bonds is 31. The second-order valence-electron chi connectivity index (χ2n) is 24.0. The minimum atomic E-state index is -2.07. The molecule has 2 atom stereocenters. The van der Waals surface area contributed by atoms with Gasteiger partial charge in [0.05, 0.1) is 62.0 Å². The molecule has 7 heterocycles. The number of fused-ring (bicyclic) bond motifs is 5. The number of hydrogen-bond acceptors (Lipinski definition) is 19. The van der Waals surface area contributed by atoms with Crippen LogP contribution in [0.15, 0.2) is 41.2 Å². The lowest BCUT2D eigenvalue weighted by molar-refractivity contribution is -0.189. The maximum absolute atomic E-state index is 14.5. The zero-order chi connectivity index (χ0) is 64.4. The third-order valence-corrected chi connectivity index (χ3v) is 16.6. The molecule has 26 heteroatoms. The van der Waals surface area contributed by atoms with Crippen LogP contribution in [0, 0.1) is 0 Å². The van der Waals surface area contributed by atoms with Gasteiger partial charge in [-0.1, -0.05) is 26.7 Å². The number of cyclic esters (lactones) is 1. The van der Waals surface area contributed by atoms with Crippen molar-refractivity contribution in [3.05, 3.63) is 69.0 Å². The number of piperidine rings is 2. The van der Waals surface area contributed by atoms with Crippen LogP contribution in [0.5, 0.6) is 5.75 Å². The number of hydrogen-bond donors (Lipinski definition) is 4. The fraction of sp³-hybridized carbons (Fsp3) is 0.609. The molecule has 1 unspecified atom stereocenters. The zero-order valence-electron chi connectivity index (χ0n) is 52.5. The summed E-state index contributed by atoms with van der Waals surface area (Å²) in [6, 6.07) is 6.26. The lowest BCUT2D eigenvalue weighted by Gasteiger charge is -2.39. The molecule has 1 aromatic carbocycles. The molecule has 490 valence electrons. The lowest BCUT2D eigenvalue weighted by Crippen LogP contribution is -2.51. The van der Waals surface area contributed by atoms with E-state index < -0.39 is 59.4 Å². The Bertz CT molecular complexity index is 3180. The van der Waals surface area contributed by atoms with Crippen LogP contribution >= 0.6 is 0 Å². The molecule has 8 rings (SSSR count). The monoisotopic (exact) mass is 1250 g/mol. The molecule has 5 aliphatic heterocycles. The number of carbonyl (C=O) groups excluding carboxylic acids is 9. The molecule has 90 heavy (non-hydrogen) atoms. The van der Waals surface area contributed by atoms with Gasteiger partial charge in [-0.05, 0) is 134 Å². The Morgan fingerprint density at radius 1 is 0.778 bits per heavy atom. The molecule has 2 aromatic heterocycles. The van der Waals surface area contributed by atoms with Crippen LogP contribution < -0.4 is 31.6 Å². The highest BCUT2D eigenvalue weighted by atomic mass is 16.6. The van der Waals surface area contributed by atoms with E-state index in [1.165, 1.54) is 36.3 Å². The molecule has 3 aromatic rings. The van der Waals surface area contributed by atoms with Crippen molar-refractivity contribution in [3.63, 3.8) is 0 Å². The number of likely N-dealkylation sites (tertiary alicyclic amines) is 2. The van der Waals surface area contributed by atoms with Crippen molar-refractivity contribution >= 4 is 64.6 Å². The number of alkyl carbamates (subject to hydrolysis) is 1. The second kappa shape index (κ2) is 32.3. The molecule has 7 amide bonds. The van der Waals surface area contributed by atoms with E-state index in [0.29, 0.717) is 113 Å². The summed E-state index contributed by atoms with van der Waals surface area (Å²) in [5, 5.41) is 11.4. The number of aromatic nitrogens is 2. The SMILES string of the molecule is CCc1c2c(nc3ccc(OC(=O)N4CCC(N5CCCCC5)CC4)cc13)-c1cc3c(c(=O)n1C2)COC(=O)[C@@]3(CC)OC(=O)CNC(=O)C(CCCCNC(=O)COCCOCCOCCNC(=O)CCCCCN1C(=O)C=CC1=O)NC(=O)OC(C)(C)C. The van der Waals surface area contributed by atoms with E-state index in [1.807, 2.05) is 13.0 Å². The maximum Gasteiger partial charge on any atom is 0.415 e. The molecular weight excluding hydrogens is 1170 g/mol. The maximum atomic E-state index is 14.5. The van der Waals surface area contributed by atoms with E-state index in [2.05, 4.69) is 26.2 Å². The fourth-order valence-electron chi connectivity index (χ4n) is 12.0. The summed E-state index contributed by atoms with van der Waals surface area (Å²) in [4.78, 5) is 141. The van der Waals surface area contributed by atoms with E-state index >= 15 is 0 Å². The van der Waals surface area contributed by atoms with Gasteiger partial charge in [-0.25, -0.2) is 19.4 Å². The summed E-state index contributed by atoms with van der Waals surface area (Å²) in [6.45, 7) is 13.1. The molecule has 26 nitrogen and oxygen atoms in total. The van der Waals surface area contributed by atoms with Crippen molar-refractivity contribution in [2.45, 2.75) is 161 Å². The van der Waals surface area contributed by atoms with Crippen molar-refractivity contribution in [2.24, 2.45) is 0 Å². The van der Waals surface area contributed by atoms with E-state index in [9.17, 15) is 47.9 Å². The van der Waals surface area contributed by atoms with Gasteiger partial charge >= 0.3 is 24.1 Å². The first kappa shape index (κ1) is 68.1. The van der Waals surface area contributed by atoms with Crippen LogP contribution in [-0.4, -0.2) is 188 Å². The van der Waals surface area contributed by atoms with Crippen LogP contribution in [0.1, 0.15) is 140 Å². The average molecular weight is 1250 g/mol. The van der Waals surface area contributed by atoms with Gasteiger partial charge in [0.25, 0.3) is 17.4 Å². The molecule has 2 fully saturated rings. The summed E-state index contributed by atoms with van der Waals surface area (Å²) in [5.74, 6) is -3.37. The summed E-state index contributed by atoms with van der Waals surface area (Å²) in [7, 11) is 0. The van der Waals surface area contributed by atoms with Crippen molar-refractivity contribution in [2.75, 3.05) is 92.0 Å².